The Morgan fingerprint density at radius 1 is 1.00 bits per heavy atom. The molecule has 0 unspecified atom stereocenters. The molecule has 1 amide bonds. The van der Waals surface area contributed by atoms with Crippen molar-refractivity contribution in [2.75, 3.05) is 6.26 Å². The van der Waals surface area contributed by atoms with E-state index in [1.807, 2.05) is 4.72 Å². The van der Waals surface area contributed by atoms with Gasteiger partial charge in [0.05, 0.1) is 17.7 Å². The Kier molecular flexibility index (Phi) is 7.98. The summed E-state index contributed by atoms with van der Waals surface area (Å²) >= 11 is 6.90. The molecule has 1 aliphatic rings. The molecule has 0 radical (unpaired) electrons. The van der Waals surface area contributed by atoms with Crippen LogP contribution in [0.1, 0.15) is 33.4 Å². The molecule has 1 aliphatic carbocycles. The molecule has 1 heterocycles. The highest BCUT2D eigenvalue weighted by Gasteiger charge is 2.68. The fourth-order valence-corrected chi connectivity index (χ4v) is 7.96. The maximum Gasteiger partial charge on any atom is 0.325 e. The van der Waals surface area contributed by atoms with Gasteiger partial charge in [0.1, 0.15) is 16.2 Å². The largest absolute Gasteiger partial charge is 0.480 e. The lowest BCUT2D eigenvalue weighted by atomic mass is 10.1. The number of benzene rings is 3. The average Bonchev–Trinajstić information content (AvgIpc) is 3.52. The summed E-state index contributed by atoms with van der Waals surface area (Å²) in [5, 5.41) is 12.4. The molecule has 42 heavy (non-hydrogen) atoms. The maximum atomic E-state index is 14.2. The number of sulfonamides is 2. The molecule has 1 aromatic heterocycles. The molecule has 3 aromatic carbocycles. The van der Waals surface area contributed by atoms with E-state index < -0.39 is 49.9 Å². The van der Waals surface area contributed by atoms with Gasteiger partial charge in [0.25, 0.3) is 5.91 Å². The zero-order chi connectivity index (χ0) is 30.3. The third kappa shape index (κ3) is 5.96. The van der Waals surface area contributed by atoms with Crippen molar-refractivity contribution >= 4 is 54.9 Å². The molecule has 0 saturated heterocycles. The number of aliphatic carboxylic acids is 1. The second kappa shape index (κ2) is 11.2. The van der Waals surface area contributed by atoms with Crippen molar-refractivity contribution in [3.05, 3.63) is 106 Å². The van der Waals surface area contributed by atoms with E-state index in [4.69, 9.17) is 11.6 Å². The zero-order valence-corrected chi connectivity index (χ0v) is 25.2. The van der Waals surface area contributed by atoms with Crippen molar-refractivity contribution in [2.45, 2.75) is 29.3 Å². The molecule has 4 aromatic rings. The minimum atomic E-state index is -4.42. The molecule has 2 atom stereocenters. The topological polar surface area (TPSA) is 151 Å². The van der Waals surface area contributed by atoms with E-state index in [0.29, 0.717) is 10.6 Å². The minimum Gasteiger partial charge on any atom is -0.480 e. The van der Waals surface area contributed by atoms with Crippen LogP contribution in [0.4, 0.5) is 0 Å². The van der Waals surface area contributed by atoms with Crippen LogP contribution in [0.3, 0.4) is 0 Å². The van der Waals surface area contributed by atoms with Crippen LogP contribution < -0.4 is 4.72 Å². The Balaban J connectivity index is 1.54. The summed E-state index contributed by atoms with van der Waals surface area (Å²) in [6.07, 6.45) is 0.847. The lowest BCUT2D eigenvalue weighted by molar-refractivity contribution is -0.143. The predicted octanol–water partition coefficient (Wildman–Crippen LogP) is 4.35. The first-order valence-electron chi connectivity index (χ1n) is 12.4. The number of nitrogens with one attached hydrogen (secondary N) is 1. The van der Waals surface area contributed by atoms with Crippen LogP contribution in [0.25, 0.3) is 11.1 Å². The highest BCUT2D eigenvalue weighted by atomic mass is 35.5. The van der Waals surface area contributed by atoms with Crippen molar-refractivity contribution in [1.82, 2.24) is 14.0 Å². The fourth-order valence-electron chi connectivity index (χ4n) is 4.81. The van der Waals surface area contributed by atoms with Crippen molar-refractivity contribution < 1.29 is 31.5 Å². The molecular weight excluding hydrogens is 622 g/mol. The minimum absolute atomic E-state index is 0.0290. The van der Waals surface area contributed by atoms with Crippen LogP contribution in [0, 0.1) is 0 Å². The molecule has 0 bridgehead atoms. The Labute approximate surface area is 251 Å². The number of hydrogen-bond acceptors (Lipinski definition) is 8. The monoisotopic (exact) mass is 645 g/mol. The number of rotatable bonds is 10. The third-order valence-electron chi connectivity index (χ3n) is 6.91. The van der Waals surface area contributed by atoms with E-state index >= 15 is 0 Å². The molecule has 5 rings (SSSR count). The Bertz CT molecular complexity index is 1860. The number of nitrogens with zero attached hydrogens (tertiary/aromatic N) is 2. The van der Waals surface area contributed by atoms with Crippen LogP contribution in [0.15, 0.2) is 89.1 Å². The van der Waals surface area contributed by atoms with Gasteiger partial charge in [0.2, 0.25) is 20.0 Å². The number of carbonyl (C=O) groups is 2. The summed E-state index contributed by atoms with van der Waals surface area (Å²) in [5.74, 6) is -2.93. The van der Waals surface area contributed by atoms with Crippen LogP contribution in [-0.4, -0.2) is 54.9 Å². The van der Waals surface area contributed by atoms with Gasteiger partial charge in [-0.05, 0) is 47.4 Å². The summed E-state index contributed by atoms with van der Waals surface area (Å²) in [4.78, 5) is 29.2. The molecular formula is C28H24ClN3O7S3. The van der Waals surface area contributed by atoms with E-state index in [-0.39, 0.29) is 22.0 Å². The van der Waals surface area contributed by atoms with Crippen LogP contribution in [0.2, 0.25) is 5.02 Å². The maximum absolute atomic E-state index is 14.2. The van der Waals surface area contributed by atoms with Gasteiger partial charge in [0.15, 0.2) is 0 Å². The number of thiazole rings is 1. The van der Waals surface area contributed by atoms with Gasteiger partial charge in [0, 0.05) is 16.3 Å². The van der Waals surface area contributed by atoms with E-state index in [9.17, 15) is 31.5 Å². The van der Waals surface area contributed by atoms with Crippen molar-refractivity contribution in [2.24, 2.45) is 0 Å². The van der Waals surface area contributed by atoms with Crippen molar-refractivity contribution in [1.29, 1.82) is 0 Å². The zero-order valence-electron chi connectivity index (χ0n) is 22.0. The van der Waals surface area contributed by atoms with Gasteiger partial charge in [-0.25, -0.2) is 26.5 Å². The van der Waals surface area contributed by atoms with E-state index in [1.54, 1.807) is 66.7 Å². The van der Waals surface area contributed by atoms with Gasteiger partial charge in [-0.2, -0.15) is 4.31 Å². The quantitative estimate of drug-likeness (QED) is 0.258. The molecule has 2 N–H and O–H groups in total. The van der Waals surface area contributed by atoms with Gasteiger partial charge in [-0.1, -0.05) is 66.2 Å². The number of halogens is 1. The van der Waals surface area contributed by atoms with Crippen LogP contribution >= 0.6 is 22.9 Å². The second-order valence-electron chi connectivity index (χ2n) is 9.77. The highest BCUT2D eigenvalue weighted by Crippen LogP contribution is 2.57. The van der Waals surface area contributed by atoms with Gasteiger partial charge >= 0.3 is 5.97 Å². The van der Waals surface area contributed by atoms with Crippen molar-refractivity contribution in [3.63, 3.8) is 0 Å². The number of hydrogen-bond donors (Lipinski definition) is 2. The SMILES string of the molecule is CS(=O)(=O)NC(=O)c1csc(CN([C@]2(C(=O)O)C[C@H]2c2ccccc2)S(=O)(=O)c2ccc(-c3ccc(Cl)cc3)cc2)n1. The molecule has 10 nitrogen and oxygen atoms in total. The van der Waals surface area contributed by atoms with E-state index in [1.165, 1.54) is 17.5 Å². The molecule has 1 fully saturated rings. The summed E-state index contributed by atoms with van der Waals surface area (Å²) in [7, 11) is -8.28. The standard InChI is InChI=1S/C28H24ClN3O7S3/c1-41(36,37)31-26(33)24-17-40-25(30-24)16-32(28(27(34)35)15-23(28)20-5-3-2-4-6-20)42(38,39)22-13-9-19(10-14-22)18-7-11-21(29)12-8-18/h2-14,17,23H,15-16H2,1H3,(H,31,33)(H,34,35)/t23-,28+/m0/s1. The first-order valence-corrected chi connectivity index (χ1v) is 17.0. The predicted molar refractivity (Wildman–Crippen MR) is 158 cm³/mol. The first-order chi connectivity index (χ1) is 19.8. The highest BCUT2D eigenvalue weighted by molar-refractivity contribution is 7.89. The van der Waals surface area contributed by atoms with Crippen molar-refractivity contribution in [3.8, 4) is 11.1 Å². The molecule has 1 saturated carbocycles. The van der Waals surface area contributed by atoms with Crippen LogP contribution in [0.5, 0.6) is 0 Å². The summed E-state index contributed by atoms with van der Waals surface area (Å²) in [5.41, 5.74) is 0.183. The number of carbonyl (C=O) groups excluding carboxylic acids is 1. The fraction of sp³-hybridized carbons (Fsp3) is 0.179. The smallest absolute Gasteiger partial charge is 0.325 e. The molecule has 14 heteroatoms. The Morgan fingerprint density at radius 3 is 2.17 bits per heavy atom. The number of aromatic nitrogens is 1. The van der Waals surface area contributed by atoms with Gasteiger partial charge in [-0.3, -0.25) is 9.59 Å². The molecule has 0 spiro atoms. The lowest BCUT2D eigenvalue weighted by Crippen LogP contribution is -2.48. The summed E-state index contributed by atoms with van der Waals surface area (Å²) < 4.78 is 54.1. The summed E-state index contributed by atoms with van der Waals surface area (Å²) in [6.45, 7) is -0.451. The number of carboxylic acids is 1. The third-order valence-corrected chi connectivity index (χ3v) is 10.5. The molecule has 0 aliphatic heterocycles. The Hall–Kier alpha value is -3.62. The lowest BCUT2D eigenvalue weighted by Gasteiger charge is -2.29. The van der Waals surface area contributed by atoms with E-state index in [2.05, 4.69) is 4.98 Å². The number of carboxylic acid groups (broad SMARTS) is 1. The average molecular weight is 646 g/mol. The van der Waals surface area contributed by atoms with Crippen LogP contribution in [-0.2, 0) is 31.4 Å². The second-order valence-corrected chi connectivity index (χ2v) is 14.8. The normalized spacial score (nSPS) is 18.5. The summed E-state index contributed by atoms with van der Waals surface area (Å²) in [6, 6.07) is 21.9. The van der Waals surface area contributed by atoms with Gasteiger partial charge in [-0.15, -0.1) is 11.3 Å². The first kappa shape index (κ1) is 29.9. The number of amides is 1. The van der Waals surface area contributed by atoms with Gasteiger partial charge < -0.3 is 5.11 Å². The molecule has 218 valence electrons. The van der Waals surface area contributed by atoms with E-state index in [0.717, 1.165) is 33.0 Å². The Morgan fingerprint density at radius 2 is 1.60 bits per heavy atom.